The van der Waals surface area contributed by atoms with Crippen LogP contribution >= 0.6 is 0 Å². The third kappa shape index (κ3) is 2.48. The van der Waals surface area contributed by atoms with Crippen molar-refractivity contribution >= 4 is 6.09 Å². The lowest BCUT2D eigenvalue weighted by Gasteiger charge is -2.02. The van der Waals surface area contributed by atoms with Crippen molar-refractivity contribution in [3.05, 3.63) is 17.0 Å². The molecule has 5 nitrogen and oxygen atoms in total. The first-order valence-electron chi connectivity index (χ1n) is 4.38. The van der Waals surface area contributed by atoms with Gasteiger partial charge in [0.2, 0.25) is 0 Å². The van der Waals surface area contributed by atoms with E-state index in [0.29, 0.717) is 13.0 Å². The lowest BCUT2D eigenvalue weighted by Crippen LogP contribution is -2.25. The topological polar surface area (TPSA) is 64.4 Å². The SMILES string of the molecule is COC(=O)NCCc1c(C)noc1C. The van der Waals surface area contributed by atoms with E-state index in [1.807, 2.05) is 13.8 Å². The van der Waals surface area contributed by atoms with E-state index < -0.39 is 6.09 Å². The van der Waals surface area contributed by atoms with Gasteiger partial charge in [-0.15, -0.1) is 0 Å². The Morgan fingerprint density at radius 2 is 2.29 bits per heavy atom. The average Bonchev–Trinajstić information content (AvgIpc) is 2.48. The number of ether oxygens (including phenoxy) is 1. The van der Waals surface area contributed by atoms with Crippen LogP contribution in [0.4, 0.5) is 4.79 Å². The summed E-state index contributed by atoms with van der Waals surface area (Å²) in [6.07, 6.45) is 0.285. The van der Waals surface area contributed by atoms with Crippen molar-refractivity contribution in [3.8, 4) is 0 Å². The molecule has 1 aromatic heterocycles. The highest BCUT2D eigenvalue weighted by Gasteiger charge is 2.08. The van der Waals surface area contributed by atoms with Crippen molar-refractivity contribution in [1.29, 1.82) is 0 Å². The number of hydrogen-bond acceptors (Lipinski definition) is 4. The summed E-state index contributed by atoms with van der Waals surface area (Å²) in [7, 11) is 1.34. The van der Waals surface area contributed by atoms with Gasteiger partial charge in [-0.25, -0.2) is 4.79 Å². The van der Waals surface area contributed by atoms with E-state index in [-0.39, 0.29) is 0 Å². The number of nitrogens with one attached hydrogen (secondary N) is 1. The number of hydrogen-bond donors (Lipinski definition) is 1. The number of amides is 1. The van der Waals surface area contributed by atoms with Crippen LogP contribution < -0.4 is 5.32 Å². The van der Waals surface area contributed by atoms with Crippen LogP contribution in [0.25, 0.3) is 0 Å². The monoisotopic (exact) mass is 198 g/mol. The Kier molecular flexibility index (Phi) is 3.50. The minimum Gasteiger partial charge on any atom is -0.453 e. The number of rotatable bonds is 3. The van der Waals surface area contributed by atoms with Crippen LogP contribution in [0.15, 0.2) is 4.52 Å². The Morgan fingerprint density at radius 3 is 2.79 bits per heavy atom. The molecule has 1 aromatic rings. The molecule has 0 aliphatic rings. The molecule has 5 heteroatoms. The zero-order chi connectivity index (χ0) is 10.6. The normalized spacial score (nSPS) is 9.93. The van der Waals surface area contributed by atoms with E-state index in [2.05, 4.69) is 15.2 Å². The van der Waals surface area contributed by atoms with Gasteiger partial charge in [0.25, 0.3) is 0 Å². The lowest BCUT2D eigenvalue weighted by molar-refractivity contribution is 0.171. The molecule has 1 N–H and O–H groups in total. The van der Waals surface area contributed by atoms with Crippen molar-refractivity contribution in [2.45, 2.75) is 20.3 Å². The zero-order valence-electron chi connectivity index (χ0n) is 8.59. The molecular formula is C9H14N2O3. The van der Waals surface area contributed by atoms with Gasteiger partial charge in [0.05, 0.1) is 12.8 Å². The lowest BCUT2D eigenvalue weighted by atomic mass is 10.1. The number of carbonyl (C=O) groups excluding carboxylic acids is 1. The van der Waals surface area contributed by atoms with Crippen molar-refractivity contribution in [3.63, 3.8) is 0 Å². The van der Waals surface area contributed by atoms with Gasteiger partial charge < -0.3 is 14.6 Å². The maximum absolute atomic E-state index is 10.7. The van der Waals surface area contributed by atoms with E-state index in [4.69, 9.17) is 4.52 Å². The second-order valence-electron chi connectivity index (χ2n) is 2.97. The van der Waals surface area contributed by atoms with Gasteiger partial charge in [0.15, 0.2) is 0 Å². The van der Waals surface area contributed by atoms with Gasteiger partial charge in [-0.1, -0.05) is 5.16 Å². The summed E-state index contributed by atoms with van der Waals surface area (Å²) in [5.74, 6) is 0.800. The second kappa shape index (κ2) is 4.64. The average molecular weight is 198 g/mol. The molecule has 14 heavy (non-hydrogen) atoms. The maximum atomic E-state index is 10.7. The van der Waals surface area contributed by atoms with Gasteiger partial charge >= 0.3 is 6.09 Å². The summed E-state index contributed by atoms with van der Waals surface area (Å²) in [5.41, 5.74) is 1.91. The summed E-state index contributed by atoms with van der Waals surface area (Å²) in [5, 5.41) is 6.41. The highest BCUT2D eigenvalue weighted by atomic mass is 16.5. The van der Waals surface area contributed by atoms with Gasteiger partial charge in [-0.05, 0) is 20.3 Å². The van der Waals surface area contributed by atoms with Crippen LogP contribution in [-0.4, -0.2) is 24.9 Å². The van der Waals surface area contributed by atoms with Gasteiger partial charge in [-0.3, -0.25) is 0 Å². The number of aromatic nitrogens is 1. The minimum absolute atomic E-state index is 0.420. The molecule has 1 rings (SSSR count). The van der Waals surface area contributed by atoms with Gasteiger partial charge in [0, 0.05) is 12.1 Å². The Bertz CT molecular complexity index is 300. The molecule has 0 aliphatic carbocycles. The zero-order valence-corrected chi connectivity index (χ0v) is 8.59. The summed E-state index contributed by atoms with van der Waals surface area (Å²) in [4.78, 5) is 10.7. The Hall–Kier alpha value is -1.52. The number of aryl methyl sites for hydroxylation is 2. The third-order valence-electron chi connectivity index (χ3n) is 2.01. The molecule has 0 bridgehead atoms. The highest BCUT2D eigenvalue weighted by molar-refractivity contribution is 5.66. The molecule has 0 fully saturated rings. The van der Waals surface area contributed by atoms with E-state index in [9.17, 15) is 4.79 Å². The molecule has 0 radical (unpaired) electrons. The van der Waals surface area contributed by atoms with Crippen molar-refractivity contribution in [1.82, 2.24) is 10.5 Å². The fourth-order valence-corrected chi connectivity index (χ4v) is 1.22. The van der Waals surface area contributed by atoms with E-state index in [1.54, 1.807) is 0 Å². The summed E-state index contributed by atoms with van der Waals surface area (Å²) in [6, 6.07) is 0. The standard InChI is InChI=1S/C9H14N2O3/c1-6-8(7(2)14-11-6)4-5-10-9(12)13-3/h4-5H2,1-3H3,(H,10,12). The van der Waals surface area contributed by atoms with Crippen LogP contribution in [0, 0.1) is 13.8 Å². The number of methoxy groups -OCH3 is 1. The smallest absolute Gasteiger partial charge is 0.406 e. The predicted octanol–water partition coefficient (Wildman–Crippen LogP) is 1.19. The number of nitrogens with zero attached hydrogens (tertiary/aromatic N) is 1. The Labute approximate surface area is 82.4 Å². The number of carbonyl (C=O) groups is 1. The van der Waals surface area contributed by atoms with Crippen LogP contribution in [0.5, 0.6) is 0 Å². The minimum atomic E-state index is -0.420. The first-order valence-corrected chi connectivity index (χ1v) is 4.38. The molecule has 0 aromatic carbocycles. The molecule has 0 unspecified atom stereocenters. The Morgan fingerprint density at radius 1 is 1.57 bits per heavy atom. The molecular weight excluding hydrogens is 184 g/mol. The van der Waals surface area contributed by atoms with Gasteiger partial charge in [0.1, 0.15) is 5.76 Å². The molecule has 78 valence electrons. The van der Waals surface area contributed by atoms with Crippen molar-refractivity contribution in [2.24, 2.45) is 0 Å². The Balaban J connectivity index is 2.42. The molecule has 1 amide bonds. The summed E-state index contributed by atoms with van der Waals surface area (Å²) < 4.78 is 9.43. The summed E-state index contributed by atoms with van der Waals surface area (Å²) >= 11 is 0. The molecule has 0 spiro atoms. The van der Waals surface area contributed by atoms with Crippen molar-refractivity contribution in [2.75, 3.05) is 13.7 Å². The first-order chi connectivity index (χ1) is 6.65. The second-order valence-corrected chi connectivity index (χ2v) is 2.97. The van der Waals surface area contributed by atoms with Crippen LogP contribution in [0.1, 0.15) is 17.0 Å². The van der Waals surface area contributed by atoms with Crippen LogP contribution in [0.3, 0.4) is 0 Å². The maximum Gasteiger partial charge on any atom is 0.406 e. The first kappa shape index (κ1) is 10.6. The summed E-state index contributed by atoms with van der Waals surface area (Å²) in [6.45, 7) is 4.26. The third-order valence-corrected chi connectivity index (χ3v) is 2.01. The number of alkyl carbamates (subject to hydrolysis) is 1. The quantitative estimate of drug-likeness (QED) is 0.792. The predicted molar refractivity (Wildman–Crippen MR) is 50.1 cm³/mol. The van der Waals surface area contributed by atoms with Crippen LogP contribution in [-0.2, 0) is 11.2 Å². The van der Waals surface area contributed by atoms with Crippen LogP contribution in [0.2, 0.25) is 0 Å². The van der Waals surface area contributed by atoms with Gasteiger partial charge in [-0.2, -0.15) is 0 Å². The molecule has 0 saturated carbocycles. The molecule has 0 atom stereocenters. The fraction of sp³-hybridized carbons (Fsp3) is 0.556. The van der Waals surface area contributed by atoms with E-state index in [0.717, 1.165) is 17.0 Å². The van der Waals surface area contributed by atoms with Crippen molar-refractivity contribution < 1.29 is 14.1 Å². The largest absolute Gasteiger partial charge is 0.453 e. The molecule has 0 aliphatic heterocycles. The fourth-order valence-electron chi connectivity index (χ4n) is 1.22. The van der Waals surface area contributed by atoms with E-state index >= 15 is 0 Å². The molecule has 1 heterocycles. The van der Waals surface area contributed by atoms with E-state index in [1.165, 1.54) is 7.11 Å². The highest BCUT2D eigenvalue weighted by Crippen LogP contribution is 2.11. The molecule has 0 saturated heterocycles.